The van der Waals surface area contributed by atoms with Crippen molar-refractivity contribution in [1.29, 1.82) is 5.26 Å². The summed E-state index contributed by atoms with van der Waals surface area (Å²) in [6.07, 6.45) is 1.72. The first-order valence-corrected chi connectivity index (χ1v) is 4.60. The van der Waals surface area contributed by atoms with Gasteiger partial charge in [0.1, 0.15) is 11.6 Å². The van der Waals surface area contributed by atoms with E-state index < -0.39 is 4.92 Å². The average Bonchev–Trinajstić information content (AvgIpc) is 2.28. The molecule has 0 heterocycles. The van der Waals surface area contributed by atoms with Crippen LogP contribution < -0.4 is 4.90 Å². The van der Waals surface area contributed by atoms with Crippen LogP contribution in [0, 0.1) is 21.4 Å². The summed E-state index contributed by atoms with van der Waals surface area (Å²) in [5.74, 6) is 0. The van der Waals surface area contributed by atoms with E-state index in [9.17, 15) is 10.1 Å². The molecule has 0 atom stereocenters. The zero-order valence-electron chi connectivity index (χ0n) is 8.88. The highest BCUT2D eigenvalue weighted by molar-refractivity contribution is 5.59. The smallest absolute Gasteiger partial charge is 0.287 e. The van der Waals surface area contributed by atoms with Crippen molar-refractivity contribution in [2.45, 2.75) is 0 Å². The Hall–Kier alpha value is -2.35. The summed E-state index contributed by atoms with van der Waals surface area (Å²) in [6.45, 7) is 4.21. The lowest BCUT2D eigenvalue weighted by atomic mass is 10.1. The van der Waals surface area contributed by atoms with Crippen molar-refractivity contribution in [3.63, 3.8) is 0 Å². The van der Waals surface area contributed by atoms with Crippen molar-refractivity contribution in [2.24, 2.45) is 0 Å². The minimum Gasteiger partial charge on any atom is -0.371 e. The van der Waals surface area contributed by atoms with Crippen molar-refractivity contribution < 1.29 is 4.92 Å². The molecule has 5 heteroatoms. The zero-order chi connectivity index (χ0) is 12.1. The number of nitrogens with zero attached hydrogens (tertiary/aromatic N) is 3. The molecule has 0 aromatic heterocycles. The quantitative estimate of drug-likeness (QED) is 0.440. The third-order valence-corrected chi connectivity index (χ3v) is 2.14. The van der Waals surface area contributed by atoms with Crippen LogP contribution in [-0.4, -0.2) is 18.5 Å². The van der Waals surface area contributed by atoms with Crippen LogP contribution in [0.25, 0.3) is 0 Å². The van der Waals surface area contributed by atoms with Crippen LogP contribution in [0.2, 0.25) is 0 Å². The van der Waals surface area contributed by atoms with Crippen LogP contribution in [0.4, 0.5) is 11.4 Å². The third-order valence-electron chi connectivity index (χ3n) is 2.14. The van der Waals surface area contributed by atoms with Crippen molar-refractivity contribution in [3.8, 4) is 6.07 Å². The lowest BCUT2D eigenvalue weighted by Gasteiger charge is -2.16. The standard InChI is InChI=1S/C11H11N3O2/c1-3-6-13(2)10-4-5-11(14(15)16)9(7-10)8-12/h3-5,7H,1,6H2,2H3. The zero-order valence-corrected chi connectivity index (χ0v) is 8.88. The number of nitro groups is 1. The van der Waals surface area contributed by atoms with E-state index in [1.807, 2.05) is 18.0 Å². The maximum atomic E-state index is 10.6. The number of anilines is 1. The molecule has 0 aliphatic carbocycles. The molecular formula is C11H11N3O2. The maximum Gasteiger partial charge on any atom is 0.287 e. The molecule has 0 saturated carbocycles. The van der Waals surface area contributed by atoms with Crippen molar-refractivity contribution in [3.05, 3.63) is 46.5 Å². The molecule has 1 aromatic carbocycles. The molecule has 0 aliphatic heterocycles. The topological polar surface area (TPSA) is 70.2 Å². The monoisotopic (exact) mass is 217 g/mol. The molecule has 0 N–H and O–H groups in total. The molecule has 16 heavy (non-hydrogen) atoms. The summed E-state index contributed by atoms with van der Waals surface area (Å²) in [7, 11) is 1.82. The molecule has 0 radical (unpaired) electrons. The van der Waals surface area contributed by atoms with Gasteiger partial charge >= 0.3 is 0 Å². The Kier molecular flexibility index (Phi) is 3.62. The summed E-state index contributed by atoms with van der Waals surface area (Å²) in [5.41, 5.74) is 0.652. The Morgan fingerprint density at radius 2 is 2.38 bits per heavy atom. The second kappa shape index (κ2) is 4.94. The number of hydrogen-bond acceptors (Lipinski definition) is 4. The third kappa shape index (κ3) is 2.36. The van der Waals surface area contributed by atoms with Crippen LogP contribution in [0.15, 0.2) is 30.9 Å². The maximum absolute atomic E-state index is 10.6. The summed E-state index contributed by atoms with van der Waals surface area (Å²) in [5, 5.41) is 19.4. The van der Waals surface area contributed by atoms with E-state index in [0.29, 0.717) is 6.54 Å². The molecule has 0 amide bonds. The molecule has 0 bridgehead atoms. The SMILES string of the molecule is C=CCN(C)c1ccc([N+](=O)[O-])c(C#N)c1. The van der Waals surface area contributed by atoms with Gasteiger partial charge in [-0.1, -0.05) is 6.08 Å². The van der Waals surface area contributed by atoms with Crippen molar-refractivity contribution in [2.75, 3.05) is 18.5 Å². The molecule has 0 unspecified atom stereocenters. The highest BCUT2D eigenvalue weighted by Crippen LogP contribution is 2.23. The molecule has 0 fully saturated rings. The van der Waals surface area contributed by atoms with Gasteiger partial charge in [-0.25, -0.2) is 0 Å². The van der Waals surface area contributed by atoms with Gasteiger partial charge in [0, 0.05) is 25.3 Å². The van der Waals surface area contributed by atoms with Gasteiger partial charge in [-0.3, -0.25) is 10.1 Å². The predicted octanol–water partition coefficient (Wildman–Crippen LogP) is 2.09. The fraction of sp³-hybridized carbons (Fsp3) is 0.182. The lowest BCUT2D eigenvalue weighted by Crippen LogP contribution is -2.16. The average molecular weight is 217 g/mol. The molecule has 5 nitrogen and oxygen atoms in total. The van der Waals surface area contributed by atoms with Gasteiger partial charge in [-0.05, 0) is 12.1 Å². The molecule has 1 aromatic rings. The summed E-state index contributed by atoms with van der Waals surface area (Å²) in [6, 6.07) is 6.28. The summed E-state index contributed by atoms with van der Waals surface area (Å²) < 4.78 is 0. The summed E-state index contributed by atoms with van der Waals surface area (Å²) >= 11 is 0. The highest BCUT2D eigenvalue weighted by Gasteiger charge is 2.14. The van der Waals surface area contributed by atoms with Gasteiger partial charge in [-0.2, -0.15) is 5.26 Å². The van der Waals surface area contributed by atoms with Gasteiger partial charge in [0.25, 0.3) is 5.69 Å². The number of nitro benzene ring substituents is 1. The van der Waals surface area contributed by atoms with E-state index in [1.54, 1.807) is 12.1 Å². The van der Waals surface area contributed by atoms with E-state index in [2.05, 4.69) is 6.58 Å². The van der Waals surface area contributed by atoms with Crippen molar-refractivity contribution in [1.82, 2.24) is 0 Å². The summed E-state index contributed by atoms with van der Waals surface area (Å²) in [4.78, 5) is 11.9. The van der Waals surface area contributed by atoms with Crippen LogP contribution >= 0.6 is 0 Å². The minimum absolute atomic E-state index is 0.0680. The van der Waals surface area contributed by atoms with E-state index in [0.717, 1.165) is 5.69 Å². The van der Waals surface area contributed by atoms with Crippen molar-refractivity contribution >= 4 is 11.4 Å². The van der Waals surface area contributed by atoms with Crippen LogP contribution in [-0.2, 0) is 0 Å². The Morgan fingerprint density at radius 1 is 1.69 bits per heavy atom. The number of hydrogen-bond donors (Lipinski definition) is 0. The molecule has 0 aliphatic rings. The minimum atomic E-state index is -0.560. The number of nitriles is 1. The van der Waals surface area contributed by atoms with Crippen LogP contribution in [0.1, 0.15) is 5.56 Å². The number of rotatable bonds is 4. The van der Waals surface area contributed by atoms with E-state index in [-0.39, 0.29) is 11.3 Å². The Morgan fingerprint density at radius 3 is 2.88 bits per heavy atom. The molecule has 0 spiro atoms. The second-order valence-electron chi connectivity index (χ2n) is 3.24. The van der Waals surface area contributed by atoms with Gasteiger partial charge in [-0.15, -0.1) is 6.58 Å². The Labute approximate surface area is 93.4 Å². The first-order valence-electron chi connectivity index (χ1n) is 4.60. The second-order valence-corrected chi connectivity index (χ2v) is 3.24. The molecular weight excluding hydrogens is 206 g/mol. The molecule has 0 saturated heterocycles. The lowest BCUT2D eigenvalue weighted by molar-refractivity contribution is -0.385. The largest absolute Gasteiger partial charge is 0.371 e. The van der Waals surface area contributed by atoms with E-state index in [1.165, 1.54) is 12.1 Å². The van der Waals surface area contributed by atoms with Gasteiger partial charge in [0.15, 0.2) is 0 Å². The van der Waals surface area contributed by atoms with Crippen LogP contribution in [0.3, 0.4) is 0 Å². The van der Waals surface area contributed by atoms with Gasteiger partial charge in [0.2, 0.25) is 0 Å². The fourth-order valence-electron chi connectivity index (χ4n) is 1.31. The highest BCUT2D eigenvalue weighted by atomic mass is 16.6. The molecule has 82 valence electrons. The van der Waals surface area contributed by atoms with E-state index in [4.69, 9.17) is 5.26 Å². The number of benzene rings is 1. The Bertz CT molecular complexity index is 463. The first-order chi connectivity index (χ1) is 7.60. The normalized spacial score (nSPS) is 9.25. The van der Waals surface area contributed by atoms with Gasteiger partial charge in [0.05, 0.1) is 4.92 Å². The first kappa shape index (κ1) is 11.7. The predicted molar refractivity (Wildman–Crippen MR) is 61.3 cm³/mol. The fourth-order valence-corrected chi connectivity index (χ4v) is 1.31. The molecule has 1 rings (SSSR count). The van der Waals surface area contributed by atoms with E-state index >= 15 is 0 Å². The Balaban J connectivity index is 3.14. The van der Waals surface area contributed by atoms with Gasteiger partial charge < -0.3 is 4.90 Å². The van der Waals surface area contributed by atoms with Crippen LogP contribution in [0.5, 0.6) is 0 Å². The number of likely N-dealkylation sites (N-methyl/N-ethyl adjacent to an activating group) is 1.